The molecule has 0 fully saturated rings. The molecule has 8 aromatic rings. The first-order valence-electron chi connectivity index (χ1n) is 13.6. The van der Waals surface area contributed by atoms with E-state index in [9.17, 15) is 10.5 Å². The molecule has 0 N–H and O–H groups in total. The highest BCUT2D eigenvalue weighted by Gasteiger charge is 2.14. The van der Waals surface area contributed by atoms with E-state index in [0.29, 0.717) is 11.1 Å². The minimum atomic E-state index is 0.483. The van der Waals surface area contributed by atoms with Gasteiger partial charge in [0.15, 0.2) is 0 Å². The number of thiophene rings is 2. The third-order valence-corrected chi connectivity index (χ3v) is 10.2. The van der Waals surface area contributed by atoms with Gasteiger partial charge in [0.2, 0.25) is 0 Å². The molecule has 2 heterocycles. The lowest BCUT2D eigenvalue weighted by Gasteiger charge is -2.13. The molecule has 6 aromatic carbocycles. The van der Waals surface area contributed by atoms with Crippen LogP contribution in [0.2, 0.25) is 0 Å². The summed E-state index contributed by atoms with van der Waals surface area (Å²) in [5.74, 6) is 0. The van der Waals surface area contributed by atoms with Crippen molar-refractivity contribution in [2.75, 3.05) is 0 Å². The Hall–Kier alpha value is -5.26. The molecule has 0 aliphatic rings. The van der Waals surface area contributed by atoms with Crippen molar-refractivity contribution < 1.29 is 0 Å². The molecular weight excluding hydrogens is 549 g/mol. The molecule has 4 heteroatoms. The lowest BCUT2D eigenvalue weighted by molar-refractivity contribution is 1.44. The summed E-state index contributed by atoms with van der Waals surface area (Å²) in [6, 6.07) is 46.9. The standard InChI is InChI=1S/C38H20N2S2/c39-21-23-9-12-30(29(15-23)22-40)28-17-26(24-10-13-33-31-5-1-3-7-35(31)41-37(33)19-24)16-27(18-28)25-11-14-34-32-6-2-4-8-36(32)42-38(34)20-25/h1-20H. The SMILES string of the molecule is N#Cc1ccc(-c2cc(-c3ccc4c(c3)sc3ccccc34)cc(-c3ccc4c(c3)sc3ccccc34)c2)c(C#N)c1. The molecule has 0 spiro atoms. The van der Waals surface area contributed by atoms with E-state index in [1.165, 1.54) is 40.3 Å². The van der Waals surface area contributed by atoms with Gasteiger partial charge in [-0.2, -0.15) is 10.5 Å². The number of fused-ring (bicyclic) bond motifs is 6. The highest BCUT2D eigenvalue weighted by Crippen LogP contribution is 2.41. The van der Waals surface area contributed by atoms with E-state index < -0.39 is 0 Å². The maximum absolute atomic E-state index is 9.99. The first kappa shape index (κ1) is 24.5. The fourth-order valence-corrected chi connectivity index (χ4v) is 8.18. The van der Waals surface area contributed by atoms with Crippen LogP contribution in [-0.2, 0) is 0 Å². The Kier molecular flexibility index (Phi) is 5.66. The average molecular weight is 569 g/mol. The number of hydrogen-bond acceptors (Lipinski definition) is 4. The van der Waals surface area contributed by atoms with E-state index in [0.717, 1.165) is 33.4 Å². The van der Waals surface area contributed by atoms with Gasteiger partial charge in [-0.1, -0.05) is 66.7 Å². The smallest absolute Gasteiger partial charge is 0.0998 e. The zero-order chi connectivity index (χ0) is 28.2. The minimum Gasteiger partial charge on any atom is -0.192 e. The van der Waals surface area contributed by atoms with Gasteiger partial charge in [-0.05, 0) is 88.0 Å². The van der Waals surface area contributed by atoms with Gasteiger partial charge >= 0.3 is 0 Å². The Morgan fingerprint density at radius 1 is 0.405 bits per heavy atom. The molecule has 0 aliphatic carbocycles. The van der Waals surface area contributed by atoms with Gasteiger partial charge in [-0.3, -0.25) is 0 Å². The average Bonchev–Trinajstić information content (AvgIpc) is 3.61. The van der Waals surface area contributed by atoms with Crippen molar-refractivity contribution in [3.8, 4) is 45.5 Å². The molecule has 0 atom stereocenters. The molecule has 0 aliphatic heterocycles. The predicted molar refractivity (Wildman–Crippen MR) is 178 cm³/mol. The third kappa shape index (κ3) is 3.98. The molecule has 0 bridgehead atoms. The molecule has 0 amide bonds. The molecule has 194 valence electrons. The van der Waals surface area contributed by atoms with Gasteiger partial charge in [-0.25, -0.2) is 0 Å². The monoisotopic (exact) mass is 568 g/mol. The normalized spacial score (nSPS) is 11.3. The van der Waals surface area contributed by atoms with Gasteiger partial charge in [0, 0.05) is 40.3 Å². The summed E-state index contributed by atoms with van der Waals surface area (Å²) >= 11 is 3.63. The molecule has 2 nitrogen and oxygen atoms in total. The van der Waals surface area contributed by atoms with Crippen LogP contribution in [0.3, 0.4) is 0 Å². The molecule has 0 saturated carbocycles. The first-order chi connectivity index (χ1) is 20.7. The Balaban J connectivity index is 1.35. The number of hydrogen-bond donors (Lipinski definition) is 0. The topological polar surface area (TPSA) is 47.6 Å². The van der Waals surface area contributed by atoms with Crippen molar-refractivity contribution in [1.29, 1.82) is 10.5 Å². The molecule has 2 aromatic heterocycles. The van der Waals surface area contributed by atoms with Gasteiger partial charge in [-0.15, -0.1) is 22.7 Å². The van der Waals surface area contributed by atoms with Crippen molar-refractivity contribution in [3.05, 3.63) is 132 Å². The maximum Gasteiger partial charge on any atom is 0.0998 e. The van der Waals surface area contributed by atoms with E-state index in [2.05, 4.69) is 115 Å². The quantitative estimate of drug-likeness (QED) is 0.213. The number of rotatable bonds is 3. The van der Waals surface area contributed by atoms with E-state index in [-0.39, 0.29) is 0 Å². The van der Waals surface area contributed by atoms with Crippen LogP contribution in [0.4, 0.5) is 0 Å². The molecular formula is C38H20N2S2. The molecule has 0 saturated heterocycles. The Bertz CT molecular complexity index is 2310. The zero-order valence-corrected chi connectivity index (χ0v) is 23.9. The summed E-state index contributed by atoms with van der Waals surface area (Å²) in [5.41, 5.74) is 7.20. The number of benzene rings is 6. The van der Waals surface area contributed by atoms with Crippen molar-refractivity contribution in [3.63, 3.8) is 0 Å². The second kappa shape index (κ2) is 9.68. The van der Waals surface area contributed by atoms with Crippen LogP contribution < -0.4 is 0 Å². The lowest BCUT2D eigenvalue weighted by atomic mass is 9.91. The van der Waals surface area contributed by atoms with Gasteiger partial charge in [0.25, 0.3) is 0 Å². The van der Waals surface area contributed by atoms with Crippen LogP contribution in [0.5, 0.6) is 0 Å². The molecule has 8 rings (SSSR count). The van der Waals surface area contributed by atoms with E-state index >= 15 is 0 Å². The highest BCUT2D eigenvalue weighted by atomic mass is 32.1. The summed E-state index contributed by atoms with van der Waals surface area (Å²) in [6.45, 7) is 0. The predicted octanol–water partition coefficient (Wildman–Crippen LogP) is 11.2. The Morgan fingerprint density at radius 3 is 1.48 bits per heavy atom. The third-order valence-electron chi connectivity index (χ3n) is 7.94. The van der Waals surface area contributed by atoms with Crippen LogP contribution in [0.15, 0.2) is 121 Å². The summed E-state index contributed by atoms with van der Waals surface area (Å²) in [6.07, 6.45) is 0. The van der Waals surface area contributed by atoms with Crippen LogP contribution in [-0.4, -0.2) is 0 Å². The zero-order valence-electron chi connectivity index (χ0n) is 22.3. The van der Waals surface area contributed by atoms with Crippen molar-refractivity contribution in [2.24, 2.45) is 0 Å². The lowest BCUT2D eigenvalue weighted by Crippen LogP contribution is -1.90. The second-order valence-electron chi connectivity index (χ2n) is 10.4. The largest absolute Gasteiger partial charge is 0.192 e. The first-order valence-corrected chi connectivity index (χ1v) is 15.2. The highest BCUT2D eigenvalue weighted by molar-refractivity contribution is 7.26. The number of nitrogens with zero attached hydrogens (tertiary/aromatic N) is 2. The summed E-state index contributed by atoms with van der Waals surface area (Å²) in [5, 5.41) is 24.5. The van der Waals surface area contributed by atoms with Crippen LogP contribution >= 0.6 is 22.7 Å². The van der Waals surface area contributed by atoms with Crippen molar-refractivity contribution in [1.82, 2.24) is 0 Å². The molecule has 0 unspecified atom stereocenters. The van der Waals surface area contributed by atoms with E-state index in [1.54, 1.807) is 12.1 Å². The molecule has 42 heavy (non-hydrogen) atoms. The van der Waals surface area contributed by atoms with Crippen LogP contribution in [0, 0.1) is 22.7 Å². The minimum absolute atomic E-state index is 0.483. The fraction of sp³-hybridized carbons (Fsp3) is 0. The maximum atomic E-state index is 9.99. The Morgan fingerprint density at radius 2 is 0.929 bits per heavy atom. The van der Waals surface area contributed by atoms with Crippen molar-refractivity contribution in [2.45, 2.75) is 0 Å². The molecule has 0 radical (unpaired) electrons. The van der Waals surface area contributed by atoms with Gasteiger partial charge in [0.05, 0.1) is 23.3 Å². The summed E-state index contributed by atoms with van der Waals surface area (Å²) in [4.78, 5) is 0. The van der Waals surface area contributed by atoms with Crippen molar-refractivity contribution >= 4 is 63.0 Å². The fourth-order valence-electron chi connectivity index (χ4n) is 5.89. The summed E-state index contributed by atoms with van der Waals surface area (Å²) in [7, 11) is 0. The number of nitriles is 2. The van der Waals surface area contributed by atoms with E-state index in [1.807, 2.05) is 28.7 Å². The van der Waals surface area contributed by atoms with Gasteiger partial charge < -0.3 is 0 Å². The van der Waals surface area contributed by atoms with Gasteiger partial charge in [0.1, 0.15) is 0 Å². The Labute approximate surface area is 250 Å². The second-order valence-corrected chi connectivity index (χ2v) is 12.6. The van der Waals surface area contributed by atoms with Crippen LogP contribution in [0.1, 0.15) is 11.1 Å². The van der Waals surface area contributed by atoms with Crippen LogP contribution in [0.25, 0.3) is 73.7 Å². The summed E-state index contributed by atoms with van der Waals surface area (Å²) < 4.78 is 5.07. The van der Waals surface area contributed by atoms with E-state index in [4.69, 9.17) is 0 Å².